The number of benzene rings is 1. The molecule has 7 nitrogen and oxygen atoms in total. The lowest BCUT2D eigenvalue weighted by Gasteiger charge is -2.13. The number of aromatic nitrogens is 2. The van der Waals surface area contributed by atoms with E-state index in [0.29, 0.717) is 10.2 Å². The lowest BCUT2D eigenvalue weighted by atomic mass is 10.1. The summed E-state index contributed by atoms with van der Waals surface area (Å²) in [5.41, 5.74) is 2.80. The van der Waals surface area contributed by atoms with Gasteiger partial charge in [-0.15, -0.1) is 11.3 Å². The second-order valence-electron chi connectivity index (χ2n) is 6.94. The van der Waals surface area contributed by atoms with Gasteiger partial charge in [-0.05, 0) is 19.4 Å². The molecule has 3 aromatic rings. The van der Waals surface area contributed by atoms with Crippen LogP contribution in [0.3, 0.4) is 0 Å². The third-order valence-corrected chi connectivity index (χ3v) is 5.50. The summed E-state index contributed by atoms with van der Waals surface area (Å²) in [6.45, 7) is 3.96. The minimum absolute atomic E-state index is 0.102. The first-order valence-corrected chi connectivity index (χ1v) is 10.2. The van der Waals surface area contributed by atoms with Crippen molar-refractivity contribution < 1.29 is 14.3 Å². The van der Waals surface area contributed by atoms with Crippen molar-refractivity contribution in [3.63, 3.8) is 0 Å². The number of nitrogens with one attached hydrogen (secondary N) is 1. The molecular weight excluding hydrogens is 390 g/mol. The maximum absolute atomic E-state index is 13.0. The van der Waals surface area contributed by atoms with Gasteiger partial charge < -0.3 is 10.1 Å². The Morgan fingerprint density at radius 1 is 1.28 bits per heavy atom. The molecule has 1 amide bonds. The summed E-state index contributed by atoms with van der Waals surface area (Å²) < 4.78 is 6.05. The number of nitrogens with zero attached hydrogens (tertiary/aromatic N) is 2. The van der Waals surface area contributed by atoms with Gasteiger partial charge in [0.1, 0.15) is 4.83 Å². The van der Waals surface area contributed by atoms with Crippen LogP contribution in [0.5, 0.6) is 0 Å². The van der Waals surface area contributed by atoms with E-state index in [0.717, 1.165) is 16.7 Å². The molecule has 8 heteroatoms. The lowest BCUT2D eigenvalue weighted by molar-refractivity contribution is -0.141. The van der Waals surface area contributed by atoms with E-state index < -0.39 is 0 Å². The summed E-state index contributed by atoms with van der Waals surface area (Å²) in [6, 6.07) is 7.66. The molecule has 0 bridgehead atoms. The number of ether oxygens (including phenoxy) is 1. The van der Waals surface area contributed by atoms with Crippen molar-refractivity contribution in [2.24, 2.45) is 0 Å². The van der Waals surface area contributed by atoms with Crippen LogP contribution in [-0.2, 0) is 20.9 Å². The number of hydrogen-bond donors (Lipinski definition) is 1. The first-order valence-electron chi connectivity index (χ1n) is 9.29. The van der Waals surface area contributed by atoms with Crippen LogP contribution in [0, 0.1) is 6.92 Å². The van der Waals surface area contributed by atoms with Crippen LogP contribution in [0.15, 0.2) is 40.8 Å². The molecule has 1 aromatic carbocycles. The minimum Gasteiger partial charge on any atom is -0.469 e. The number of rotatable bonds is 7. The predicted molar refractivity (Wildman–Crippen MR) is 113 cm³/mol. The lowest BCUT2D eigenvalue weighted by Crippen LogP contribution is -2.35. The summed E-state index contributed by atoms with van der Waals surface area (Å²) in [7, 11) is 1.31. The fourth-order valence-electron chi connectivity index (χ4n) is 3.03. The molecule has 0 spiro atoms. The normalized spacial score (nSPS) is 12.0. The predicted octanol–water partition coefficient (Wildman–Crippen LogP) is 2.89. The van der Waals surface area contributed by atoms with E-state index in [-0.39, 0.29) is 42.9 Å². The van der Waals surface area contributed by atoms with Crippen molar-refractivity contribution in [2.75, 3.05) is 7.11 Å². The molecule has 3 rings (SSSR count). The smallest absolute Gasteiger partial charge is 0.307 e. The quantitative estimate of drug-likeness (QED) is 0.602. The van der Waals surface area contributed by atoms with Gasteiger partial charge in [-0.2, -0.15) is 0 Å². The summed E-state index contributed by atoms with van der Waals surface area (Å²) in [5, 5.41) is 5.25. The summed E-state index contributed by atoms with van der Waals surface area (Å²) in [4.78, 5) is 41.5. The molecule has 1 unspecified atom stereocenters. The summed E-state index contributed by atoms with van der Waals surface area (Å²) in [6.07, 6.45) is 1.69. The molecule has 1 N–H and O–H groups in total. The van der Waals surface area contributed by atoms with Gasteiger partial charge in [-0.3, -0.25) is 19.0 Å². The molecule has 2 heterocycles. The Balaban J connectivity index is 1.75. The summed E-state index contributed by atoms with van der Waals surface area (Å²) >= 11 is 1.43. The standard InChI is InChI=1S/C21H23N3O4S/c1-13-4-6-15(7-5-13)16-11-29-20-19(16)21(27)24(12-22-20)9-8-17(25)23-14(2)10-18(26)28-3/h4-7,11-12,14H,8-10H2,1-3H3,(H,23,25). The van der Waals surface area contributed by atoms with Crippen molar-refractivity contribution in [3.8, 4) is 11.1 Å². The first-order chi connectivity index (χ1) is 13.9. The molecule has 2 aromatic heterocycles. The maximum atomic E-state index is 13.0. The molecule has 152 valence electrons. The van der Waals surface area contributed by atoms with E-state index in [1.807, 2.05) is 36.6 Å². The van der Waals surface area contributed by atoms with Crippen LogP contribution < -0.4 is 10.9 Å². The number of aryl methyl sites for hydroxylation is 2. The first kappa shape index (κ1) is 20.7. The van der Waals surface area contributed by atoms with Crippen LogP contribution >= 0.6 is 11.3 Å². The highest BCUT2D eigenvalue weighted by Gasteiger charge is 2.15. The number of carbonyl (C=O) groups is 2. The minimum atomic E-state index is -0.384. The molecule has 0 radical (unpaired) electrons. The van der Waals surface area contributed by atoms with E-state index in [2.05, 4.69) is 15.0 Å². The second kappa shape index (κ2) is 9.00. The van der Waals surface area contributed by atoms with Gasteiger partial charge in [0.2, 0.25) is 5.91 Å². The zero-order valence-corrected chi connectivity index (χ0v) is 17.4. The highest BCUT2D eigenvalue weighted by atomic mass is 32.1. The van der Waals surface area contributed by atoms with Crippen molar-refractivity contribution >= 4 is 33.4 Å². The van der Waals surface area contributed by atoms with Gasteiger partial charge in [0.15, 0.2) is 0 Å². The van der Waals surface area contributed by atoms with Crippen LogP contribution in [0.25, 0.3) is 21.3 Å². The van der Waals surface area contributed by atoms with Gasteiger partial charge >= 0.3 is 5.97 Å². The fraction of sp³-hybridized carbons (Fsp3) is 0.333. The van der Waals surface area contributed by atoms with Gasteiger partial charge in [0.05, 0.1) is 25.2 Å². The summed E-state index contributed by atoms with van der Waals surface area (Å²) in [5.74, 6) is -0.623. The van der Waals surface area contributed by atoms with Crippen molar-refractivity contribution in [1.29, 1.82) is 0 Å². The van der Waals surface area contributed by atoms with E-state index in [1.54, 1.807) is 6.92 Å². The Hall–Kier alpha value is -3.00. The van der Waals surface area contributed by atoms with Gasteiger partial charge in [-0.1, -0.05) is 29.8 Å². The molecule has 0 aliphatic rings. The zero-order valence-electron chi connectivity index (χ0n) is 16.6. The molecule has 0 saturated carbocycles. The SMILES string of the molecule is COC(=O)CC(C)NC(=O)CCn1cnc2scc(-c3ccc(C)cc3)c2c1=O. The number of hydrogen-bond acceptors (Lipinski definition) is 6. The van der Waals surface area contributed by atoms with Crippen LogP contribution in [0.1, 0.15) is 25.3 Å². The monoisotopic (exact) mass is 413 g/mol. The van der Waals surface area contributed by atoms with Crippen LogP contribution in [0.4, 0.5) is 0 Å². The molecular formula is C21H23N3O4S. The highest BCUT2D eigenvalue weighted by Crippen LogP contribution is 2.30. The molecule has 0 fully saturated rings. The molecule has 1 atom stereocenters. The molecule has 29 heavy (non-hydrogen) atoms. The van der Waals surface area contributed by atoms with E-state index in [9.17, 15) is 14.4 Å². The average Bonchev–Trinajstić information content (AvgIpc) is 3.12. The third-order valence-electron chi connectivity index (χ3n) is 4.61. The van der Waals surface area contributed by atoms with E-state index >= 15 is 0 Å². The Morgan fingerprint density at radius 3 is 2.69 bits per heavy atom. The highest BCUT2D eigenvalue weighted by molar-refractivity contribution is 7.17. The number of carbonyl (C=O) groups excluding carboxylic acids is 2. The average molecular weight is 413 g/mol. The number of esters is 1. The molecule has 0 aliphatic heterocycles. The Morgan fingerprint density at radius 2 is 2.00 bits per heavy atom. The topological polar surface area (TPSA) is 90.3 Å². The Labute approximate surface area is 172 Å². The van der Waals surface area contributed by atoms with E-state index in [4.69, 9.17) is 0 Å². The number of amides is 1. The van der Waals surface area contributed by atoms with Gasteiger partial charge in [0.25, 0.3) is 5.56 Å². The van der Waals surface area contributed by atoms with E-state index in [1.165, 1.54) is 29.3 Å². The van der Waals surface area contributed by atoms with Crippen LogP contribution in [-0.4, -0.2) is 34.6 Å². The number of methoxy groups -OCH3 is 1. The van der Waals surface area contributed by atoms with Gasteiger partial charge in [0, 0.05) is 30.0 Å². The fourth-order valence-corrected chi connectivity index (χ4v) is 3.93. The maximum Gasteiger partial charge on any atom is 0.307 e. The zero-order chi connectivity index (χ0) is 21.0. The second-order valence-corrected chi connectivity index (χ2v) is 7.80. The Bertz CT molecular complexity index is 1090. The molecule has 0 saturated heterocycles. The third kappa shape index (κ3) is 4.89. The number of thiophene rings is 1. The van der Waals surface area contributed by atoms with Crippen molar-refractivity contribution in [1.82, 2.24) is 14.9 Å². The largest absolute Gasteiger partial charge is 0.469 e. The van der Waals surface area contributed by atoms with Gasteiger partial charge in [-0.25, -0.2) is 4.98 Å². The molecule has 0 aliphatic carbocycles. The van der Waals surface area contributed by atoms with Crippen LogP contribution in [0.2, 0.25) is 0 Å². The van der Waals surface area contributed by atoms with Crippen molar-refractivity contribution in [2.45, 2.75) is 39.3 Å². The number of fused-ring (bicyclic) bond motifs is 1. The Kier molecular flexibility index (Phi) is 6.43. The van der Waals surface area contributed by atoms with Crippen molar-refractivity contribution in [3.05, 3.63) is 51.9 Å².